The van der Waals surface area contributed by atoms with Crippen molar-refractivity contribution in [3.8, 4) is 16.8 Å². The van der Waals surface area contributed by atoms with Gasteiger partial charge in [-0.1, -0.05) is 105 Å². The van der Waals surface area contributed by atoms with Crippen LogP contribution in [0.3, 0.4) is 0 Å². The molecule has 44 heavy (non-hydrogen) atoms. The van der Waals surface area contributed by atoms with Crippen molar-refractivity contribution in [3.63, 3.8) is 0 Å². The number of hydrogen-bond acceptors (Lipinski definition) is 1. The van der Waals surface area contributed by atoms with Crippen molar-refractivity contribution in [2.75, 3.05) is 0 Å². The summed E-state index contributed by atoms with van der Waals surface area (Å²) in [6.45, 7) is 11.1. The molecule has 0 fully saturated rings. The van der Waals surface area contributed by atoms with Crippen LogP contribution in [-0.2, 0) is 5.41 Å². The van der Waals surface area contributed by atoms with Crippen molar-refractivity contribution in [2.24, 2.45) is 0 Å². The first-order chi connectivity index (χ1) is 21.5. The van der Waals surface area contributed by atoms with Crippen LogP contribution in [0.4, 0.5) is 0 Å². The number of nitrogens with zero attached hydrogens (tertiary/aromatic N) is 2. The van der Waals surface area contributed by atoms with Gasteiger partial charge in [0.05, 0.1) is 22.2 Å². The van der Waals surface area contributed by atoms with Crippen LogP contribution in [-0.4, -0.2) is 8.97 Å². The van der Waals surface area contributed by atoms with Gasteiger partial charge in [0.25, 0.3) is 5.56 Å². The average Bonchev–Trinajstić information content (AvgIpc) is 3.64. The van der Waals surface area contributed by atoms with E-state index in [1.54, 1.807) is 0 Å². The highest BCUT2D eigenvalue weighted by atomic mass is 16.1. The summed E-state index contributed by atoms with van der Waals surface area (Å²) in [6, 6.07) is 34.2. The lowest BCUT2D eigenvalue weighted by molar-refractivity contribution is 0.663. The number of allylic oxidation sites excluding steroid dienone is 1. The first-order valence-electron chi connectivity index (χ1n) is 15.2. The third-order valence-electron chi connectivity index (χ3n) is 9.91. The maximum absolute atomic E-state index is 13.9. The molecule has 0 bridgehead atoms. The van der Waals surface area contributed by atoms with Crippen molar-refractivity contribution in [1.29, 1.82) is 0 Å². The molecular formula is C41H30N2O. The van der Waals surface area contributed by atoms with E-state index in [1.807, 2.05) is 34.7 Å². The Hall–Kier alpha value is -5.41. The largest absolute Gasteiger partial charge is 0.309 e. The monoisotopic (exact) mass is 566 g/mol. The Morgan fingerprint density at radius 1 is 0.705 bits per heavy atom. The Bertz CT molecular complexity index is 2630. The first-order valence-corrected chi connectivity index (χ1v) is 15.2. The topological polar surface area (TPSA) is 26.4 Å². The minimum atomic E-state index is -0.194. The van der Waals surface area contributed by atoms with Gasteiger partial charge in [0.1, 0.15) is 0 Å². The molecule has 0 unspecified atom stereocenters. The minimum Gasteiger partial charge on any atom is -0.309 e. The quantitative estimate of drug-likeness (QED) is 0.195. The summed E-state index contributed by atoms with van der Waals surface area (Å²) >= 11 is 0. The fourth-order valence-corrected chi connectivity index (χ4v) is 8.14. The van der Waals surface area contributed by atoms with Gasteiger partial charge in [-0.05, 0) is 64.9 Å². The Labute approximate surface area is 254 Å². The van der Waals surface area contributed by atoms with Gasteiger partial charge in [0.2, 0.25) is 0 Å². The third kappa shape index (κ3) is 2.94. The Balaban J connectivity index is 1.53. The summed E-state index contributed by atoms with van der Waals surface area (Å²) in [4.78, 5) is 13.9. The van der Waals surface area contributed by atoms with Crippen molar-refractivity contribution >= 4 is 61.0 Å². The van der Waals surface area contributed by atoms with Gasteiger partial charge in [-0.25, -0.2) is 0 Å². The van der Waals surface area contributed by atoms with Crippen LogP contribution < -0.4 is 5.56 Å². The zero-order chi connectivity index (χ0) is 29.9. The van der Waals surface area contributed by atoms with Crippen LogP contribution in [0, 0.1) is 0 Å². The number of fused-ring (bicyclic) bond motifs is 10. The summed E-state index contributed by atoms with van der Waals surface area (Å²) in [7, 11) is 0. The van der Waals surface area contributed by atoms with Crippen LogP contribution in [0.25, 0.3) is 77.8 Å². The van der Waals surface area contributed by atoms with Gasteiger partial charge in [0.15, 0.2) is 0 Å². The predicted octanol–water partition coefficient (Wildman–Crippen LogP) is 10.1. The summed E-state index contributed by atoms with van der Waals surface area (Å²) in [5, 5.41) is 6.15. The summed E-state index contributed by atoms with van der Waals surface area (Å²) < 4.78 is 4.34. The van der Waals surface area contributed by atoms with Crippen LogP contribution in [0.15, 0.2) is 115 Å². The molecule has 5 aromatic carbocycles. The highest BCUT2D eigenvalue weighted by Gasteiger charge is 2.38. The summed E-state index contributed by atoms with van der Waals surface area (Å²) in [6.07, 6.45) is 6.31. The number of para-hydroxylation sites is 1. The first kappa shape index (κ1) is 25.1. The van der Waals surface area contributed by atoms with Gasteiger partial charge in [-0.2, -0.15) is 0 Å². The smallest absolute Gasteiger partial charge is 0.263 e. The summed E-state index contributed by atoms with van der Waals surface area (Å²) in [5.41, 5.74) is 11.5. The highest BCUT2D eigenvalue weighted by Crippen LogP contribution is 2.53. The Kier molecular flexibility index (Phi) is 4.90. The van der Waals surface area contributed by atoms with Crippen LogP contribution in [0.1, 0.15) is 43.2 Å². The number of rotatable bonds is 3. The number of pyridine rings is 1. The van der Waals surface area contributed by atoms with Crippen molar-refractivity contribution in [2.45, 2.75) is 26.2 Å². The normalized spacial score (nSPS) is 14.1. The van der Waals surface area contributed by atoms with Gasteiger partial charge < -0.3 is 4.57 Å². The third-order valence-corrected chi connectivity index (χ3v) is 9.91. The second-order valence-corrected chi connectivity index (χ2v) is 12.5. The van der Waals surface area contributed by atoms with E-state index in [1.165, 1.54) is 38.7 Å². The second-order valence-electron chi connectivity index (χ2n) is 12.5. The van der Waals surface area contributed by atoms with E-state index in [0.29, 0.717) is 0 Å². The van der Waals surface area contributed by atoms with Crippen molar-refractivity contribution in [1.82, 2.24) is 8.97 Å². The van der Waals surface area contributed by atoms with Crippen LogP contribution >= 0.6 is 0 Å². The molecule has 0 saturated heterocycles. The van der Waals surface area contributed by atoms with E-state index < -0.39 is 0 Å². The minimum absolute atomic E-state index is 0.0259. The Morgan fingerprint density at radius 3 is 2.16 bits per heavy atom. The molecule has 8 aromatic rings. The highest BCUT2D eigenvalue weighted by molar-refractivity contribution is 6.21. The molecule has 1 aliphatic rings. The van der Waals surface area contributed by atoms with Gasteiger partial charge in [-0.15, -0.1) is 0 Å². The fourth-order valence-electron chi connectivity index (χ4n) is 8.14. The van der Waals surface area contributed by atoms with Crippen LogP contribution in [0.2, 0.25) is 0 Å². The van der Waals surface area contributed by atoms with E-state index in [-0.39, 0.29) is 11.0 Å². The lowest BCUT2D eigenvalue weighted by Crippen LogP contribution is -2.16. The van der Waals surface area contributed by atoms with Gasteiger partial charge in [-0.3, -0.25) is 9.20 Å². The second kappa shape index (κ2) is 8.58. The van der Waals surface area contributed by atoms with Gasteiger partial charge >= 0.3 is 0 Å². The molecule has 0 amide bonds. The predicted molar refractivity (Wildman–Crippen MR) is 187 cm³/mol. The summed E-state index contributed by atoms with van der Waals surface area (Å²) in [5.74, 6) is 0. The maximum Gasteiger partial charge on any atom is 0.263 e. The van der Waals surface area contributed by atoms with E-state index in [4.69, 9.17) is 0 Å². The molecule has 0 aliphatic heterocycles. The van der Waals surface area contributed by atoms with Crippen molar-refractivity contribution < 1.29 is 0 Å². The molecule has 3 nitrogen and oxygen atoms in total. The molecule has 3 aromatic heterocycles. The molecule has 0 atom stereocenters. The standard InChI is InChI=1S/C41H30N2O/c1-5-13-27-30-21-20-29-26-15-9-11-18-34(26)41(3,4)37(29)39(30)42(35(27)6-2)24-22-32-25-14-7-8-17-31(25)40(44)43-36-19-12-10-16-28(36)33(23-24)38(32)43/h5-23H,2H2,1,3-4H3/b13-5-. The molecule has 3 heteroatoms. The molecule has 0 N–H and O–H groups in total. The maximum atomic E-state index is 13.9. The molecule has 0 saturated carbocycles. The molecule has 9 rings (SSSR count). The number of hydrogen-bond donors (Lipinski definition) is 0. The molecule has 1 aliphatic carbocycles. The van der Waals surface area contributed by atoms with Gasteiger partial charge in [0, 0.05) is 43.6 Å². The van der Waals surface area contributed by atoms with E-state index in [9.17, 15) is 4.79 Å². The fraction of sp³-hybridized carbons (Fsp3) is 0.0976. The lowest BCUT2D eigenvalue weighted by atomic mass is 9.81. The molecule has 0 spiro atoms. The van der Waals surface area contributed by atoms with E-state index in [2.05, 4.69) is 117 Å². The lowest BCUT2D eigenvalue weighted by Gasteiger charge is -2.24. The molecule has 0 radical (unpaired) electrons. The molecule has 3 heterocycles. The SMILES string of the molecule is C=Cc1c(/C=C\C)c2ccc3c(c2n1-c1cc2c4ccccc4c(=O)n4c5ccccc5c(c1)c24)C(C)(C)c1ccccc1-3. The van der Waals surface area contributed by atoms with Crippen LogP contribution in [0.5, 0.6) is 0 Å². The number of aromatic nitrogens is 2. The van der Waals surface area contributed by atoms with Crippen molar-refractivity contribution in [3.05, 3.63) is 142 Å². The van der Waals surface area contributed by atoms with E-state index in [0.717, 1.165) is 49.3 Å². The Morgan fingerprint density at radius 2 is 1.39 bits per heavy atom. The molecular weight excluding hydrogens is 536 g/mol. The molecule has 210 valence electrons. The van der Waals surface area contributed by atoms with E-state index >= 15 is 0 Å². The average molecular weight is 567 g/mol. The zero-order valence-corrected chi connectivity index (χ0v) is 25.0. The number of benzene rings is 5. The zero-order valence-electron chi connectivity index (χ0n) is 25.0.